The molecule has 1 aliphatic heterocycles. The summed E-state index contributed by atoms with van der Waals surface area (Å²) in [7, 11) is 3.37. The van der Waals surface area contributed by atoms with Crippen molar-refractivity contribution in [3.8, 4) is 11.5 Å². The first kappa shape index (κ1) is 13.6. The van der Waals surface area contributed by atoms with Crippen molar-refractivity contribution < 1.29 is 19.6 Å². The summed E-state index contributed by atoms with van der Waals surface area (Å²) in [5.41, 5.74) is 3.68. The summed E-state index contributed by atoms with van der Waals surface area (Å²) < 4.78 is 11.3. The van der Waals surface area contributed by atoms with Crippen LogP contribution < -0.4 is 14.8 Å². The van der Waals surface area contributed by atoms with Gasteiger partial charge < -0.3 is 14.8 Å². The van der Waals surface area contributed by atoms with Crippen molar-refractivity contribution in [3.63, 3.8) is 0 Å². The van der Waals surface area contributed by atoms with Crippen molar-refractivity contribution >= 4 is 5.78 Å². The fraction of sp³-hybridized carbons (Fsp3) is 0.389. The lowest BCUT2D eigenvalue weighted by atomic mass is 9.77. The van der Waals surface area contributed by atoms with E-state index in [-0.39, 0.29) is 11.2 Å². The Kier molecular flexibility index (Phi) is 2.91. The van der Waals surface area contributed by atoms with E-state index >= 15 is 0 Å². The Labute approximate surface area is 129 Å². The molecule has 2 N–H and O–H groups in total. The third-order valence-corrected chi connectivity index (χ3v) is 5.14. The Bertz CT molecular complexity index is 702. The van der Waals surface area contributed by atoms with Gasteiger partial charge in [0.15, 0.2) is 17.3 Å². The molecule has 4 nitrogen and oxygen atoms in total. The maximum atomic E-state index is 11.6. The highest BCUT2D eigenvalue weighted by Gasteiger charge is 2.49. The first-order chi connectivity index (χ1) is 10.7. The Morgan fingerprint density at radius 1 is 1.23 bits per heavy atom. The molecule has 1 aromatic carbocycles. The maximum absolute atomic E-state index is 11.6. The summed E-state index contributed by atoms with van der Waals surface area (Å²) in [5, 5.41) is 2.41. The average Bonchev–Trinajstić information content (AvgIpc) is 2.86. The fourth-order valence-corrected chi connectivity index (χ4v) is 4.24. The summed E-state index contributed by atoms with van der Waals surface area (Å²) in [6, 6.07) is 2.55. The molecule has 1 atom stereocenters. The molecule has 0 amide bonds. The lowest BCUT2D eigenvalue weighted by Gasteiger charge is -2.27. The molecule has 114 valence electrons. The molecule has 0 aromatic heterocycles. The minimum atomic E-state index is -0.247. The second-order valence-corrected chi connectivity index (χ2v) is 6.25. The quantitative estimate of drug-likeness (QED) is 0.892. The minimum absolute atomic E-state index is 0.0524. The number of carbonyl (C=O) groups is 1. The number of nitrogens with two attached hydrogens (primary N) is 1. The number of methoxy groups -OCH3 is 2. The molecule has 0 bridgehead atoms. The van der Waals surface area contributed by atoms with Crippen molar-refractivity contribution in [3.05, 3.63) is 47.1 Å². The van der Waals surface area contributed by atoms with Crippen molar-refractivity contribution in [1.82, 2.24) is 0 Å². The second kappa shape index (κ2) is 4.71. The van der Waals surface area contributed by atoms with Gasteiger partial charge in [-0.3, -0.25) is 4.79 Å². The molecule has 1 heterocycles. The van der Waals surface area contributed by atoms with Gasteiger partial charge in [-0.25, -0.2) is 0 Å². The number of ether oxygens (including phenoxy) is 2. The molecule has 22 heavy (non-hydrogen) atoms. The van der Waals surface area contributed by atoms with E-state index in [1.165, 1.54) is 16.7 Å². The number of ketones is 1. The molecule has 1 spiro atoms. The zero-order chi connectivity index (χ0) is 15.3. The highest BCUT2D eigenvalue weighted by molar-refractivity contribution is 6.01. The summed E-state index contributed by atoms with van der Waals surface area (Å²) in [4.78, 5) is 11.6. The van der Waals surface area contributed by atoms with Crippen LogP contribution in [0.5, 0.6) is 11.5 Å². The zero-order valence-electron chi connectivity index (χ0n) is 12.9. The number of hydrogen-bond acceptors (Lipinski definition) is 3. The molecule has 4 rings (SSSR count). The topological polar surface area (TPSA) is 52.1 Å². The van der Waals surface area contributed by atoms with Crippen molar-refractivity contribution in [2.75, 3.05) is 20.8 Å². The minimum Gasteiger partial charge on any atom is -0.493 e. The van der Waals surface area contributed by atoms with Gasteiger partial charge in [0, 0.05) is 29.4 Å². The van der Waals surface area contributed by atoms with Crippen LogP contribution in [0.2, 0.25) is 0 Å². The van der Waals surface area contributed by atoms with Crippen LogP contribution in [0.25, 0.3) is 0 Å². The van der Waals surface area contributed by atoms with E-state index in [1.807, 2.05) is 12.2 Å². The third-order valence-electron chi connectivity index (χ3n) is 5.14. The first-order valence-corrected chi connectivity index (χ1v) is 7.72. The zero-order valence-corrected chi connectivity index (χ0v) is 12.9. The van der Waals surface area contributed by atoms with Gasteiger partial charge in [-0.2, -0.15) is 0 Å². The van der Waals surface area contributed by atoms with Crippen LogP contribution in [0.3, 0.4) is 0 Å². The standard InChI is InChI=1S/C18H19NO3/c1-21-14-9-11-5-8-19-13-10-18(6-3-12(20)4-7-18)16(15(11)13)17(14)22-2/h3-4,6-7,9,13,19H,5,8,10H2,1-2H3/p+1/t13-/m0/s1. The van der Waals surface area contributed by atoms with Crippen LogP contribution in [0.15, 0.2) is 30.4 Å². The van der Waals surface area contributed by atoms with Crippen LogP contribution in [0.1, 0.15) is 29.2 Å². The number of rotatable bonds is 2. The fourth-order valence-electron chi connectivity index (χ4n) is 4.24. The lowest BCUT2D eigenvalue weighted by Crippen LogP contribution is -2.86. The van der Waals surface area contributed by atoms with Gasteiger partial charge in [0.2, 0.25) is 0 Å². The van der Waals surface area contributed by atoms with Gasteiger partial charge in [-0.05, 0) is 23.8 Å². The van der Waals surface area contributed by atoms with Crippen molar-refractivity contribution in [2.24, 2.45) is 0 Å². The first-order valence-electron chi connectivity index (χ1n) is 7.72. The van der Waals surface area contributed by atoms with Gasteiger partial charge in [0.25, 0.3) is 0 Å². The van der Waals surface area contributed by atoms with Crippen LogP contribution in [0, 0.1) is 0 Å². The van der Waals surface area contributed by atoms with E-state index in [0.29, 0.717) is 6.04 Å². The summed E-state index contributed by atoms with van der Waals surface area (Å²) >= 11 is 0. The van der Waals surface area contributed by atoms with Crippen molar-refractivity contribution in [1.29, 1.82) is 0 Å². The maximum Gasteiger partial charge on any atom is 0.178 e. The molecule has 1 aromatic rings. The van der Waals surface area contributed by atoms with E-state index in [4.69, 9.17) is 9.47 Å². The number of hydrogen-bond donors (Lipinski definition) is 1. The molecule has 4 heteroatoms. The second-order valence-electron chi connectivity index (χ2n) is 6.25. The smallest absolute Gasteiger partial charge is 0.178 e. The predicted molar refractivity (Wildman–Crippen MR) is 82.4 cm³/mol. The van der Waals surface area contributed by atoms with E-state index in [0.717, 1.165) is 30.9 Å². The molecule has 2 aliphatic carbocycles. The number of benzene rings is 1. The molecule has 3 aliphatic rings. The monoisotopic (exact) mass is 298 g/mol. The summed E-state index contributed by atoms with van der Waals surface area (Å²) in [5.74, 6) is 1.65. The van der Waals surface area contributed by atoms with E-state index in [2.05, 4.69) is 11.4 Å². The Balaban J connectivity index is 2.01. The molecule has 0 saturated heterocycles. The molecule has 0 fully saturated rings. The van der Waals surface area contributed by atoms with Crippen LogP contribution >= 0.6 is 0 Å². The number of quaternary nitrogens is 1. The van der Waals surface area contributed by atoms with Crippen molar-refractivity contribution in [2.45, 2.75) is 24.3 Å². The lowest BCUT2D eigenvalue weighted by molar-refractivity contribution is -0.698. The Morgan fingerprint density at radius 3 is 2.68 bits per heavy atom. The predicted octanol–water partition coefficient (Wildman–Crippen LogP) is 1.20. The van der Waals surface area contributed by atoms with E-state index < -0.39 is 0 Å². The molecule has 0 radical (unpaired) electrons. The number of carbonyl (C=O) groups excluding carboxylic acids is 1. The number of allylic oxidation sites excluding steroid dienone is 4. The largest absolute Gasteiger partial charge is 0.493 e. The van der Waals surface area contributed by atoms with Crippen LogP contribution in [-0.2, 0) is 16.6 Å². The average molecular weight is 298 g/mol. The number of fused-ring (bicyclic) bond motifs is 1. The normalized spacial score (nSPS) is 23.7. The molecular formula is C18H20NO3+. The molecular weight excluding hydrogens is 278 g/mol. The van der Waals surface area contributed by atoms with Gasteiger partial charge in [0.1, 0.15) is 6.04 Å². The van der Waals surface area contributed by atoms with E-state index in [9.17, 15) is 4.79 Å². The van der Waals surface area contributed by atoms with Gasteiger partial charge in [0.05, 0.1) is 20.8 Å². The molecule has 0 unspecified atom stereocenters. The van der Waals surface area contributed by atoms with Crippen LogP contribution in [-0.4, -0.2) is 26.5 Å². The molecule has 0 saturated carbocycles. The Morgan fingerprint density at radius 2 is 2.00 bits per heavy atom. The van der Waals surface area contributed by atoms with Crippen LogP contribution in [0.4, 0.5) is 0 Å². The highest BCUT2D eigenvalue weighted by atomic mass is 16.5. The van der Waals surface area contributed by atoms with Gasteiger partial charge in [-0.1, -0.05) is 12.2 Å². The summed E-state index contributed by atoms with van der Waals surface area (Å²) in [6.45, 7) is 1.09. The SMILES string of the molecule is COc1cc2c3c(c1OC)C1(C=CC(=O)C=C1)C[C@@H]3[NH2+]CC2. The summed E-state index contributed by atoms with van der Waals surface area (Å²) in [6.07, 6.45) is 9.46. The highest BCUT2D eigenvalue weighted by Crippen LogP contribution is 2.55. The van der Waals surface area contributed by atoms with Gasteiger partial charge in [-0.15, -0.1) is 0 Å². The van der Waals surface area contributed by atoms with E-state index in [1.54, 1.807) is 26.4 Å². The van der Waals surface area contributed by atoms with Gasteiger partial charge >= 0.3 is 0 Å². The third kappa shape index (κ3) is 1.70. The Hall–Kier alpha value is -2.07.